The molecule has 0 aliphatic rings. The van der Waals surface area contributed by atoms with Crippen molar-refractivity contribution in [3.05, 3.63) is 98.8 Å². The fourth-order valence-corrected chi connectivity index (χ4v) is 6.99. The van der Waals surface area contributed by atoms with Gasteiger partial charge in [0.2, 0.25) is 0 Å². The summed E-state index contributed by atoms with van der Waals surface area (Å²) in [4.78, 5) is 14.0. The number of benzene rings is 4. The maximum Gasteiger partial charge on any atom is 0.347 e. The summed E-state index contributed by atoms with van der Waals surface area (Å²) < 4.78 is 13.9. The third kappa shape index (κ3) is 4.85. The quantitative estimate of drug-likeness (QED) is 0.178. The highest BCUT2D eigenvalue weighted by molar-refractivity contribution is 9.11. The van der Waals surface area contributed by atoms with E-state index >= 15 is 0 Å². The van der Waals surface area contributed by atoms with Crippen molar-refractivity contribution in [1.29, 1.82) is 0 Å². The molecule has 3 nitrogen and oxygen atoms in total. The molecular weight excluding hydrogens is 556 g/mol. The van der Waals surface area contributed by atoms with Crippen LogP contribution in [0.4, 0.5) is 0 Å². The van der Waals surface area contributed by atoms with E-state index in [9.17, 15) is 4.79 Å². The lowest BCUT2D eigenvalue weighted by molar-refractivity contribution is -0.148. The van der Waals surface area contributed by atoms with Gasteiger partial charge in [0.15, 0.2) is 6.10 Å². The van der Waals surface area contributed by atoms with E-state index < -0.39 is 6.10 Å². The lowest BCUT2D eigenvalue weighted by atomic mass is 9.90. The molecular formula is C33H31BrO3S. The summed E-state index contributed by atoms with van der Waals surface area (Å²) in [5.41, 5.74) is 5.79. The first-order chi connectivity index (χ1) is 18.3. The molecule has 0 N–H and O–H groups in total. The van der Waals surface area contributed by atoms with Gasteiger partial charge in [-0.1, -0.05) is 74.5 Å². The normalized spacial score (nSPS) is 12.3. The highest BCUT2D eigenvalue weighted by atomic mass is 79.9. The van der Waals surface area contributed by atoms with Crippen LogP contribution in [0.1, 0.15) is 41.3 Å². The Labute approximate surface area is 236 Å². The average Bonchev–Trinajstić information content (AvgIpc) is 3.23. The van der Waals surface area contributed by atoms with E-state index in [-0.39, 0.29) is 11.9 Å². The minimum Gasteiger partial charge on any atom is -0.478 e. The van der Waals surface area contributed by atoms with Crippen molar-refractivity contribution in [3.8, 4) is 16.9 Å². The highest BCUT2D eigenvalue weighted by Crippen LogP contribution is 2.47. The van der Waals surface area contributed by atoms with Crippen LogP contribution in [0.15, 0.2) is 77.3 Å². The predicted molar refractivity (Wildman–Crippen MR) is 163 cm³/mol. The van der Waals surface area contributed by atoms with Crippen LogP contribution < -0.4 is 4.74 Å². The third-order valence-electron chi connectivity index (χ3n) is 7.19. The van der Waals surface area contributed by atoms with Crippen LogP contribution in [0.3, 0.4) is 0 Å². The zero-order valence-electron chi connectivity index (χ0n) is 22.3. The molecule has 4 aromatic carbocycles. The van der Waals surface area contributed by atoms with Gasteiger partial charge < -0.3 is 9.47 Å². The molecule has 5 heteroatoms. The lowest BCUT2D eigenvalue weighted by Crippen LogP contribution is -2.31. The summed E-state index contributed by atoms with van der Waals surface area (Å²) in [5.74, 6) is 0.533. The van der Waals surface area contributed by atoms with Gasteiger partial charge in [-0.25, -0.2) is 4.79 Å². The second-order valence-electron chi connectivity index (χ2n) is 9.95. The summed E-state index contributed by atoms with van der Waals surface area (Å²) in [5, 5.41) is 3.71. The van der Waals surface area contributed by atoms with Crippen molar-refractivity contribution in [2.45, 2.75) is 46.1 Å². The average molecular weight is 588 g/mol. The van der Waals surface area contributed by atoms with Crippen LogP contribution >= 0.6 is 27.3 Å². The van der Waals surface area contributed by atoms with Crippen molar-refractivity contribution >= 4 is 54.1 Å². The Morgan fingerprint density at radius 2 is 1.63 bits per heavy atom. The third-order valence-corrected chi connectivity index (χ3v) is 9.50. The first-order valence-electron chi connectivity index (χ1n) is 12.8. The number of methoxy groups -OCH3 is 1. The number of carbonyl (C=O) groups excluding carboxylic acids is 1. The lowest BCUT2D eigenvalue weighted by Gasteiger charge is -2.22. The second kappa shape index (κ2) is 10.9. The minimum atomic E-state index is -0.729. The molecule has 0 bridgehead atoms. The van der Waals surface area contributed by atoms with E-state index in [0.717, 1.165) is 21.2 Å². The molecule has 0 unspecified atom stereocenters. The van der Waals surface area contributed by atoms with Crippen LogP contribution in [0.25, 0.3) is 32.0 Å². The summed E-state index contributed by atoms with van der Waals surface area (Å²) in [6.45, 7) is 8.72. The molecule has 5 rings (SSSR count). The van der Waals surface area contributed by atoms with E-state index in [1.165, 1.54) is 44.0 Å². The van der Waals surface area contributed by atoms with Gasteiger partial charge in [0.1, 0.15) is 5.75 Å². The number of fused-ring (bicyclic) bond motifs is 2. The topological polar surface area (TPSA) is 35.5 Å². The number of carbonyl (C=O) groups is 1. The zero-order valence-corrected chi connectivity index (χ0v) is 24.7. The summed E-state index contributed by atoms with van der Waals surface area (Å²) >= 11 is 5.74. The number of esters is 1. The fraction of sp³-hybridized carbons (Fsp3) is 0.242. The summed E-state index contributed by atoms with van der Waals surface area (Å²) in [7, 11) is 1.41. The molecule has 38 heavy (non-hydrogen) atoms. The smallest absolute Gasteiger partial charge is 0.347 e. The number of hydrogen-bond acceptors (Lipinski definition) is 4. The molecule has 0 saturated carbocycles. The number of ether oxygens (including phenoxy) is 2. The Morgan fingerprint density at radius 3 is 2.32 bits per heavy atom. The Hall–Kier alpha value is -3.15. The van der Waals surface area contributed by atoms with Gasteiger partial charge in [0, 0.05) is 21.2 Å². The molecule has 194 valence electrons. The minimum absolute atomic E-state index is 0.197. The van der Waals surface area contributed by atoms with Gasteiger partial charge in [-0.15, -0.1) is 11.3 Å². The molecule has 1 heterocycles. The number of aryl methyl sites for hydroxylation is 2. The van der Waals surface area contributed by atoms with E-state index in [1.54, 1.807) is 0 Å². The van der Waals surface area contributed by atoms with Crippen molar-refractivity contribution in [1.82, 2.24) is 0 Å². The zero-order chi connectivity index (χ0) is 27.0. The maximum atomic E-state index is 12.7. The van der Waals surface area contributed by atoms with Gasteiger partial charge in [0.05, 0.1) is 11.8 Å². The van der Waals surface area contributed by atoms with E-state index in [2.05, 4.69) is 80.0 Å². The van der Waals surface area contributed by atoms with E-state index in [4.69, 9.17) is 9.47 Å². The molecule has 0 aliphatic carbocycles. The predicted octanol–water partition coefficient (Wildman–Crippen LogP) is 9.39. The van der Waals surface area contributed by atoms with Crippen LogP contribution in [0.2, 0.25) is 0 Å². The van der Waals surface area contributed by atoms with Crippen LogP contribution in [-0.4, -0.2) is 19.2 Å². The van der Waals surface area contributed by atoms with Gasteiger partial charge in [0.25, 0.3) is 0 Å². The van der Waals surface area contributed by atoms with E-state index in [0.29, 0.717) is 12.2 Å². The van der Waals surface area contributed by atoms with Gasteiger partial charge in [-0.05, 0) is 86.4 Å². The highest BCUT2D eigenvalue weighted by Gasteiger charge is 2.25. The van der Waals surface area contributed by atoms with Crippen molar-refractivity contribution in [2.24, 2.45) is 0 Å². The molecule has 0 aliphatic heterocycles. The van der Waals surface area contributed by atoms with Gasteiger partial charge in [-0.3, -0.25) is 0 Å². The molecule has 0 fully saturated rings. The summed E-state index contributed by atoms with van der Waals surface area (Å²) in [6, 6.07) is 24.8. The maximum absolute atomic E-state index is 12.7. The molecule has 5 aromatic rings. The van der Waals surface area contributed by atoms with Crippen LogP contribution in [-0.2, 0) is 16.0 Å². The van der Waals surface area contributed by atoms with E-state index in [1.807, 2.05) is 47.7 Å². The largest absolute Gasteiger partial charge is 0.478 e. The molecule has 1 atom stereocenters. The second-order valence-corrected chi connectivity index (χ2v) is 12.0. The number of rotatable bonds is 7. The SMILES string of the molecule is COC(=O)[C@@H](Cc1ccccc1)Oc1ccc(-c2c3ccccc3c(Br)c3sc(C)c(C)c23)cc1C(C)C. The fourth-order valence-electron chi connectivity index (χ4n) is 5.08. The Bertz CT molecular complexity index is 1640. The Kier molecular flexibility index (Phi) is 7.60. The molecule has 0 saturated heterocycles. The Balaban J connectivity index is 1.65. The van der Waals surface area contributed by atoms with Crippen LogP contribution in [0.5, 0.6) is 5.75 Å². The van der Waals surface area contributed by atoms with Crippen LogP contribution in [0, 0.1) is 13.8 Å². The van der Waals surface area contributed by atoms with Crippen molar-refractivity contribution < 1.29 is 14.3 Å². The molecule has 0 radical (unpaired) electrons. The standard InChI is InChI=1S/C33H31BrO3S/c1-19(2)26-18-23(15-16-27(26)37-28(33(35)36-5)17-22-11-7-6-8-12-22)30-24-13-9-10-14-25(24)31(34)32-29(30)20(3)21(4)38-32/h6-16,18-19,28H,17H2,1-5H3/t28-/m1/s1. The summed E-state index contributed by atoms with van der Waals surface area (Å²) in [6.07, 6.45) is -0.286. The first kappa shape index (κ1) is 26.5. The first-order valence-corrected chi connectivity index (χ1v) is 14.4. The van der Waals surface area contributed by atoms with Crippen molar-refractivity contribution in [2.75, 3.05) is 7.11 Å². The van der Waals surface area contributed by atoms with Gasteiger partial charge in [-0.2, -0.15) is 0 Å². The number of halogens is 1. The monoisotopic (exact) mass is 586 g/mol. The molecule has 1 aromatic heterocycles. The molecule has 0 amide bonds. The van der Waals surface area contributed by atoms with Gasteiger partial charge >= 0.3 is 5.97 Å². The Morgan fingerprint density at radius 1 is 0.947 bits per heavy atom. The number of hydrogen-bond donors (Lipinski definition) is 0. The molecule has 0 spiro atoms. The van der Waals surface area contributed by atoms with Crippen molar-refractivity contribution in [3.63, 3.8) is 0 Å². The number of thiophene rings is 1.